The largest absolute Gasteiger partial charge is 0.273 e. The third kappa shape index (κ3) is 2.63. The predicted molar refractivity (Wildman–Crippen MR) is 67.7 cm³/mol. The fourth-order valence-electron chi connectivity index (χ4n) is 1.50. The van der Waals surface area contributed by atoms with Gasteiger partial charge in [0.05, 0.1) is 0 Å². The second-order valence-corrected chi connectivity index (χ2v) is 4.82. The lowest BCUT2D eigenvalue weighted by Crippen LogP contribution is -2.45. The van der Waals surface area contributed by atoms with E-state index in [0.717, 1.165) is 8.58 Å². The van der Waals surface area contributed by atoms with E-state index in [1.807, 2.05) is 6.07 Å². The highest BCUT2D eigenvalue weighted by Gasteiger charge is 2.30. The van der Waals surface area contributed by atoms with Gasteiger partial charge < -0.3 is 0 Å². The number of benzene rings is 1. The molecule has 1 saturated heterocycles. The van der Waals surface area contributed by atoms with Gasteiger partial charge in [0.2, 0.25) is 11.8 Å². The highest BCUT2D eigenvalue weighted by Crippen LogP contribution is 2.11. The molecule has 0 atom stereocenters. The van der Waals surface area contributed by atoms with E-state index >= 15 is 0 Å². The van der Waals surface area contributed by atoms with Crippen LogP contribution in [0.3, 0.4) is 0 Å². The Bertz CT molecular complexity index is 485. The standard InChI is InChI=1S/C11H9IN2O3/c12-8-3-1-2-7(6-8)11(17)13-14-9(15)4-5-10(14)16/h1-3,6H,4-5H2,(H,13,17). The fraction of sp³-hybridized carbons (Fsp3) is 0.182. The van der Waals surface area contributed by atoms with Gasteiger partial charge in [-0.2, -0.15) is 5.01 Å². The van der Waals surface area contributed by atoms with Crippen molar-refractivity contribution in [1.29, 1.82) is 0 Å². The van der Waals surface area contributed by atoms with Crippen molar-refractivity contribution in [2.24, 2.45) is 0 Å². The zero-order valence-corrected chi connectivity index (χ0v) is 10.9. The van der Waals surface area contributed by atoms with Crippen molar-refractivity contribution in [3.63, 3.8) is 0 Å². The summed E-state index contributed by atoms with van der Waals surface area (Å²) in [6.45, 7) is 0. The Balaban J connectivity index is 2.12. The van der Waals surface area contributed by atoms with Gasteiger partial charge in [0.15, 0.2) is 0 Å². The molecule has 0 spiro atoms. The van der Waals surface area contributed by atoms with Gasteiger partial charge in [-0.25, -0.2) is 0 Å². The lowest BCUT2D eigenvalue weighted by atomic mass is 10.2. The number of carbonyl (C=O) groups is 3. The number of nitrogens with one attached hydrogen (secondary N) is 1. The first-order valence-corrected chi connectivity index (χ1v) is 6.08. The second-order valence-electron chi connectivity index (χ2n) is 3.57. The maximum Gasteiger partial charge on any atom is 0.270 e. The average molecular weight is 344 g/mol. The molecule has 1 fully saturated rings. The summed E-state index contributed by atoms with van der Waals surface area (Å²) in [6, 6.07) is 6.90. The third-order valence-electron chi connectivity index (χ3n) is 2.35. The lowest BCUT2D eigenvalue weighted by molar-refractivity contribution is -0.141. The molecule has 0 unspecified atom stereocenters. The van der Waals surface area contributed by atoms with Crippen molar-refractivity contribution in [1.82, 2.24) is 10.4 Å². The van der Waals surface area contributed by atoms with Crippen LogP contribution in [-0.2, 0) is 9.59 Å². The monoisotopic (exact) mass is 344 g/mol. The predicted octanol–water partition coefficient (Wildman–Crippen LogP) is 1.08. The zero-order valence-electron chi connectivity index (χ0n) is 8.77. The summed E-state index contributed by atoms with van der Waals surface area (Å²) < 4.78 is 0.911. The highest BCUT2D eigenvalue weighted by atomic mass is 127. The second kappa shape index (κ2) is 4.82. The first-order valence-electron chi connectivity index (χ1n) is 5.00. The summed E-state index contributed by atoms with van der Waals surface area (Å²) in [5, 5.41) is 0.794. The molecular weight excluding hydrogens is 335 g/mol. The fourth-order valence-corrected chi connectivity index (χ4v) is 2.04. The quantitative estimate of drug-likeness (QED) is 0.645. The van der Waals surface area contributed by atoms with Crippen LogP contribution in [0, 0.1) is 3.57 Å². The maximum atomic E-state index is 11.8. The molecule has 17 heavy (non-hydrogen) atoms. The number of halogens is 1. The first-order chi connectivity index (χ1) is 8.08. The van der Waals surface area contributed by atoms with Gasteiger partial charge >= 0.3 is 0 Å². The molecule has 0 radical (unpaired) electrons. The molecule has 1 aromatic rings. The molecule has 0 bridgehead atoms. The SMILES string of the molecule is O=C(NN1C(=O)CCC1=O)c1cccc(I)c1. The van der Waals surface area contributed by atoms with Gasteiger partial charge in [-0.15, -0.1) is 0 Å². The van der Waals surface area contributed by atoms with Crippen molar-refractivity contribution in [3.8, 4) is 0 Å². The van der Waals surface area contributed by atoms with Crippen LogP contribution in [0.25, 0.3) is 0 Å². The summed E-state index contributed by atoms with van der Waals surface area (Å²) in [6.07, 6.45) is 0.316. The van der Waals surface area contributed by atoms with E-state index in [0.29, 0.717) is 5.56 Å². The molecule has 6 heteroatoms. The Morgan fingerprint density at radius 3 is 2.47 bits per heavy atom. The van der Waals surface area contributed by atoms with Crippen LogP contribution in [0.5, 0.6) is 0 Å². The van der Waals surface area contributed by atoms with Gasteiger partial charge in [0, 0.05) is 22.0 Å². The number of carbonyl (C=O) groups excluding carboxylic acids is 3. The van der Waals surface area contributed by atoms with E-state index in [2.05, 4.69) is 28.0 Å². The molecule has 1 aliphatic heterocycles. The Labute approximate surface area is 111 Å². The van der Waals surface area contributed by atoms with Crippen LogP contribution in [0.15, 0.2) is 24.3 Å². The number of hydrogen-bond donors (Lipinski definition) is 1. The molecular formula is C11H9IN2O3. The lowest BCUT2D eigenvalue weighted by Gasteiger charge is -2.14. The van der Waals surface area contributed by atoms with Crippen molar-refractivity contribution in [3.05, 3.63) is 33.4 Å². The van der Waals surface area contributed by atoms with Crippen molar-refractivity contribution in [2.45, 2.75) is 12.8 Å². The molecule has 0 aliphatic carbocycles. The smallest absolute Gasteiger partial charge is 0.270 e. The summed E-state index contributed by atoms with van der Waals surface area (Å²) in [5.41, 5.74) is 2.73. The maximum absolute atomic E-state index is 11.8. The van der Waals surface area contributed by atoms with Crippen LogP contribution in [-0.4, -0.2) is 22.7 Å². The van der Waals surface area contributed by atoms with Crippen LogP contribution >= 0.6 is 22.6 Å². The van der Waals surface area contributed by atoms with E-state index in [1.165, 1.54) is 0 Å². The minimum Gasteiger partial charge on any atom is -0.273 e. The van der Waals surface area contributed by atoms with Gasteiger partial charge in [0.1, 0.15) is 0 Å². The molecule has 88 valence electrons. The highest BCUT2D eigenvalue weighted by molar-refractivity contribution is 14.1. The van der Waals surface area contributed by atoms with Crippen LogP contribution in [0.2, 0.25) is 0 Å². The summed E-state index contributed by atoms with van der Waals surface area (Å²) in [5.74, 6) is -1.19. The third-order valence-corrected chi connectivity index (χ3v) is 3.02. The Morgan fingerprint density at radius 1 is 1.24 bits per heavy atom. The number of imide groups is 1. The van der Waals surface area contributed by atoms with Gasteiger partial charge in [0.25, 0.3) is 5.91 Å². The van der Waals surface area contributed by atoms with Crippen LogP contribution in [0.4, 0.5) is 0 Å². The molecule has 0 aromatic heterocycles. The van der Waals surface area contributed by atoms with Crippen LogP contribution < -0.4 is 5.43 Å². The number of amides is 3. The minimum atomic E-state index is -0.452. The van der Waals surface area contributed by atoms with Crippen molar-refractivity contribution < 1.29 is 14.4 Å². The average Bonchev–Trinajstić information content (AvgIpc) is 2.61. The number of hydrazine groups is 1. The van der Waals surface area contributed by atoms with E-state index in [1.54, 1.807) is 18.2 Å². The molecule has 3 amide bonds. The number of rotatable bonds is 2. The summed E-state index contributed by atoms with van der Waals surface area (Å²) >= 11 is 2.08. The van der Waals surface area contributed by atoms with E-state index in [-0.39, 0.29) is 24.7 Å². The summed E-state index contributed by atoms with van der Waals surface area (Å²) in [4.78, 5) is 34.4. The number of nitrogens with zero attached hydrogens (tertiary/aromatic N) is 1. The molecule has 1 heterocycles. The van der Waals surface area contributed by atoms with Crippen molar-refractivity contribution >= 4 is 40.3 Å². The zero-order chi connectivity index (χ0) is 12.4. The Hall–Kier alpha value is -1.44. The topological polar surface area (TPSA) is 66.5 Å². The molecule has 2 rings (SSSR count). The molecule has 1 aliphatic rings. The van der Waals surface area contributed by atoms with E-state index in [4.69, 9.17) is 0 Å². The van der Waals surface area contributed by atoms with E-state index < -0.39 is 5.91 Å². The first kappa shape index (κ1) is 12.0. The molecule has 1 N–H and O–H groups in total. The molecule has 0 saturated carbocycles. The van der Waals surface area contributed by atoms with Gasteiger partial charge in [-0.3, -0.25) is 19.8 Å². The normalized spacial score (nSPS) is 15.2. The Morgan fingerprint density at radius 2 is 1.88 bits per heavy atom. The van der Waals surface area contributed by atoms with Crippen LogP contribution in [0.1, 0.15) is 23.2 Å². The van der Waals surface area contributed by atoms with Gasteiger partial charge in [-0.1, -0.05) is 6.07 Å². The summed E-state index contributed by atoms with van der Waals surface area (Å²) in [7, 11) is 0. The van der Waals surface area contributed by atoms with Gasteiger partial charge in [-0.05, 0) is 40.8 Å². The van der Waals surface area contributed by atoms with E-state index in [9.17, 15) is 14.4 Å². The van der Waals surface area contributed by atoms with Crippen molar-refractivity contribution in [2.75, 3.05) is 0 Å². The molecule has 1 aromatic carbocycles. The Kier molecular flexibility index (Phi) is 3.41. The number of hydrogen-bond acceptors (Lipinski definition) is 3. The minimum absolute atomic E-state index is 0.158. The molecule has 5 nitrogen and oxygen atoms in total.